The average molecular weight is 310 g/mol. The zero-order chi connectivity index (χ0) is 16.6. The molecule has 7 heteroatoms. The fourth-order valence-electron chi connectivity index (χ4n) is 2.28. The first-order chi connectivity index (χ1) is 10.9. The van der Waals surface area contributed by atoms with Crippen LogP contribution >= 0.6 is 0 Å². The number of amides is 1. The number of aromatic carboxylic acids is 1. The molecular weight excluding hydrogens is 296 g/mol. The first-order valence-corrected chi connectivity index (χ1v) is 6.83. The molecule has 0 aliphatic carbocycles. The van der Waals surface area contributed by atoms with E-state index in [2.05, 4.69) is 15.3 Å². The van der Waals surface area contributed by atoms with Gasteiger partial charge in [0.1, 0.15) is 11.3 Å². The fraction of sp³-hybridized carbons (Fsp3) is 0.0625. The van der Waals surface area contributed by atoms with E-state index < -0.39 is 5.97 Å². The molecule has 0 atom stereocenters. The van der Waals surface area contributed by atoms with Crippen molar-refractivity contribution in [1.82, 2.24) is 9.97 Å². The molecule has 0 aliphatic rings. The van der Waals surface area contributed by atoms with E-state index in [1.54, 1.807) is 24.3 Å². The molecule has 2 heterocycles. The lowest BCUT2D eigenvalue weighted by atomic mass is 10.1. The number of aromatic amines is 1. The second-order valence-corrected chi connectivity index (χ2v) is 5.18. The number of aromatic nitrogens is 2. The molecule has 0 bridgehead atoms. The van der Waals surface area contributed by atoms with Crippen LogP contribution in [0.25, 0.3) is 11.0 Å². The molecule has 7 nitrogen and oxygen atoms in total. The van der Waals surface area contributed by atoms with Crippen LogP contribution in [0.15, 0.2) is 36.5 Å². The Morgan fingerprint density at radius 3 is 2.78 bits per heavy atom. The van der Waals surface area contributed by atoms with Crippen molar-refractivity contribution in [3.63, 3.8) is 0 Å². The molecule has 0 spiro atoms. The Morgan fingerprint density at radius 1 is 1.26 bits per heavy atom. The van der Waals surface area contributed by atoms with E-state index >= 15 is 0 Å². The molecule has 116 valence electrons. The summed E-state index contributed by atoms with van der Waals surface area (Å²) in [6, 6.07) is 8.23. The Bertz CT molecular complexity index is 930. The molecule has 1 aromatic carbocycles. The highest BCUT2D eigenvalue weighted by molar-refractivity contribution is 6.06. The van der Waals surface area contributed by atoms with E-state index in [9.17, 15) is 9.59 Å². The molecule has 0 unspecified atom stereocenters. The molecule has 0 saturated carbocycles. The van der Waals surface area contributed by atoms with Crippen LogP contribution in [0.4, 0.5) is 11.4 Å². The van der Waals surface area contributed by atoms with Crippen molar-refractivity contribution in [2.24, 2.45) is 0 Å². The van der Waals surface area contributed by atoms with Crippen molar-refractivity contribution >= 4 is 34.3 Å². The zero-order valence-electron chi connectivity index (χ0n) is 12.3. The summed E-state index contributed by atoms with van der Waals surface area (Å²) in [6.07, 6.45) is 1.46. The number of H-pyrrole nitrogens is 1. The topological polar surface area (TPSA) is 121 Å². The van der Waals surface area contributed by atoms with Gasteiger partial charge in [0.2, 0.25) is 0 Å². The Kier molecular flexibility index (Phi) is 3.46. The van der Waals surface area contributed by atoms with Crippen LogP contribution in [-0.2, 0) is 0 Å². The summed E-state index contributed by atoms with van der Waals surface area (Å²) in [5.74, 6) is -1.37. The van der Waals surface area contributed by atoms with Crippen LogP contribution in [0.2, 0.25) is 0 Å². The number of carbonyl (C=O) groups is 2. The number of pyridine rings is 1. The summed E-state index contributed by atoms with van der Waals surface area (Å²) >= 11 is 0. The highest BCUT2D eigenvalue weighted by Crippen LogP contribution is 2.19. The molecule has 0 aliphatic heterocycles. The second-order valence-electron chi connectivity index (χ2n) is 5.18. The number of aryl methyl sites for hydroxylation is 1. The van der Waals surface area contributed by atoms with Gasteiger partial charge < -0.3 is 21.1 Å². The monoisotopic (exact) mass is 310 g/mol. The molecule has 5 N–H and O–H groups in total. The molecule has 0 radical (unpaired) electrons. The number of nitrogen functional groups attached to an aromatic ring is 1. The lowest BCUT2D eigenvalue weighted by Gasteiger charge is -2.08. The summed E-state index contributed by atoms with van der Waals surface area (Å²) in [7, 11) is 0. The minimum atomic E-state index is -1.07. The summed E-state index contributed by atoms with van der Waals surface area (Å²) in [6.45, 7) is 1.82. The van der Waals surface area contributed by atoms with E-state index in [0.717, 1.165) is 5.56 Å². The Hall–Kier alpha value is -3.35. The van der Waals surface area contributed by atoms with Crippen molar-refractivity contribution in [2.45, 2.75) is 6.92 Å². The van der Waals surface area contributed by atoms with Gasteiger partial charge in [-0.3, -0.25) is 4.79 Å². The van der Waals surface area contributed by atoms with Gasteiger partial charge >= 0.3 is 5.97 Å². The zero-order valence-corrected chi connectivity index (χ0v) is 12.3. The Morgan fingerprint density at radius 2 is 2.04 bits per heavy atom. The number of hydrogen-bond donors (Lipinski definition) is 4. The van der Waals surface area contributed by atoms with Gasteiger partial charge in [-0.25, -0.2) is 9.78 Å². The lowest BCUT2D eigenvalue weighted by Crippen LogP contribution is -2.13. The van der Waals surface area contributed by atoms with E-state index in [0.29, 0.717) is 28.0 Å². The molecule has 1 amide bonds. The molecule has 3 aromatic rings. The van der Waals surface area contributed by atoms with Crippen LogP contribution in [0.3, 0.4) is 0 Å². The SMILES string of the molecule is Cc1ccc(N)cc1C(=O)Nc1cnc2[nH]c(C(=O)O)cc2c1. The van der Waals surface area contributed by atoms with E-state index in [1.165, 1.54) is 12.3 Å². The maximum atomic E-state index is 12.3. The minimum absolute atomic E-state index is 0.0441. The summed E-state index contributed by atoms with van der Waals surface area (Å²) < 4.78 is 0. The van der Waals surface area contributed by atoms with Crippen molar-refractivity contribution in [3.05, 3.63) is 53.3 Å². The number of benzene rings is 1. The third-order valence-corrected chi connectivity index (χ3v) is 3.46. The minimum Gasteiger partial charge on any atom is -0.477 e. The molecule has 0 fully saturated rings. The predicted octanol–water partition coefficient (Wildman–Crippen LogP) is 2.40. The Balaban J connectivity index is 1.90. The number of anilines is 2. The molecule has 2 aromatic heterocycles. The normalized spacial score (nSPS) is 10.7. The first kappa shape index (κ1) is 14.6. The van der Waals surface area contributed by atoms with Gasteiger partial charge in [-0.1, -0.05) is 6.07 Å². The number of rotatable bonds is 3. The summed E-state index contributed by atoms with van der Waals surface area (Å²) in [4.78, 5) is 30.1. The van der Waals surface area contributed by atoms with E-state index in [4.69, 9.17) is 10.8 Å². The van der Waals surface area contributed by atoms with Crippen LogP contribution in [0.1, 0.15) is 26.4 Å². The highest BCUT2D eigenvalue weighted by Gasteiger charge is 2.12. The standard InChI is InChI=1S/C16H14N4O3/c1-8-2-3-10(17)6-12(8)15(21)19-11-4-9-5-13(16(22)23)20-14(9)18-7-11/h2-7H,17H2,1H3,(H,18,20)(H,19,21)(H,22,23). The number of carboxylic acid groups (broad SMARTS) is 1. The average Bonchev–Trinajstić information content (AvgIpc) is 2.93. The molecular formula is C16H14N4O3. The number of hydrogen-bond acceptors (Lipinski definition) is 4. The smallest absolute Gasteiger partial charge is 0.352 e. The number of nitrogens with two attached hydrogens (primary N) is 1. The number of carboxylic acids is 1. The van der Waals surface area contributed by atoms with Crippen molar-refractivity contribution < 1.29 is 14.7 Å². The highest BCUT2D eigenvalue weighted by atomic mass is 16.4. The van der Waals surface area contributed by atoms with Gasteiger partial charge in [-0.15, -0.1) is 0 Å². The number of nitrogens with one attached hydrogen (secondary N) is 2. The van der Waals surface area contributed by atoms with Crippen LogP contribution < -0.4 is 11.1 Å². The second kappa shape index (κ2) is 5.45. The quantitative estimate of drug-likeness (QED) is 0.553. The predicted molar refractivity (Wildman–Crippen MR) is 86.6 cm³/mol. The number of fused-ring (bicyclic) bond motifs is 1. The van der Waals surface area contributed by atoms with Crippen molar-refractivity contribution in [3.8, 4) is 0 Å². The third kappa shape index (κ3) is 2.84. The maximum absolute atomic E-state index is 12.3. The van der Waals surface area contributed by atoms with E-state index in [1.807, 2.05) is 6.92 Å². The summed E-state index contributed by atoms with van der Waals surface area (Å²) in [5.41, 5.74) is 8.46. The van der Waals surface area contributed by atoms with Crippen molar-refractivity contribution in [2.75, 3.05) is 11.1 Å². The molecule has 3 rings (SSSR count). The van der Waals surface area contributed by atoms with Crippen LogP contribution in [0, 0.1) is 6.92 Å². The first-order valence-electron chi connectivity index (χ1n) is 6.83. The third-order valence-electron chi connectivity index (χ3n) is 3.46. The number of carbonyl (C=O) groups excluding carboxylic acids is 1. The van der Waals surface area contributed by atoms with Crippen LogP contribution in [0.5, 0.6) is 0 Å². The van der Waals surface area contributed by atoms with Gasteiger partial charge in [0, 0.05) is 16.6 Å². The van der Waals surface area contributed by atoms with Gasteiger partial charge in [-0.2, -0.15) is 0 Å². The van der Waals surface area contributed by atoms with Crippen LogP contribution in [-0.4, -0.2) is 27.0 Å². The maximum Gasteiger partial charge on any atom is 0.352 e. The lowest BCUT2D eigenvalue weighted by molar-refractivity contribution is 0.0691. The molecule has 0 saturated heterocycles. The van der Waals surface area contributed by atoms with Crippen molar-refractivity contribution in [1.29, 1.82) is 0 Å². The Labute approximate surface area is 131 Å². The summed E-state index contributed by atoms with van der Waals surface area (Å²) in [5, 5.41) is 12.3. The van der Waals surface area contributed by atoms with Gasteiger partial charge in [0.05, 0.1) is 11.9 Å². The van der Waals surface area contributed by atoms with Gasteiger partial charge in [0.15, 0.2) is 0 Å². The fourth-order valence-corrected chi connectivity index (χ4v) is 2.28. The van der Waals surface area contributed by atoms with E-state index in [-0.39, 0.29) is 11.6 Å². The van der Waals surface area contributed by atoms with Gasteiger partial charge in [-0.05, 0) is 36.8 Å². The molecule has 23 heavy (non-hydrogen) atoms. The largest absolute Gasteiger partial charge is 0.477 e. The number of nitrogens with zero attached hydrogens (tertiary/aromatic N) is 1. The van der Waals surface area contributed by atoms with Gasteiger partial charge in [0.25, 0.3) is 5.91 Å².